The summed E-state index contributed by atoms with van der Waals surface area (Å²) < 4.78 is 9.17. The Labute approximate surface area is 136 Å². The van der Waals surface area contributed by atoms with E-state index in [0.717, 1.165) is 0 Å². The Balaban J connectivity index is 2.40. The number of allylic oxidation sites excluding steroid dienone is 1. The highest BCUT2D eigenvalue weighted by molar-refractivity contribution is 7.73. The first-order valence-corrected chi connectivity index (χ1v) is 7.87. The van der Waals surface area contributed by atoms with Crippen LogP contribution in [0.3, 0.4) is 0 Å². The normalized spacial score (nSPS) is 11.6. The van der Waals surface area contributed by atoms with Crippen molar-refractivity contribution in [1.82, 2.24) is 14.1 Å². The van der Waals surface area contributed by atoms with E-state index in [1.165, 1.54) is 22.2 Å². The van der Waals surface area contributed by atoms with Crippen LogP contribution in [0.1, 0.15) is 20.8 Å². The van der Waals surface area contributed by atoms with E-state index in [0.29, 0.717) is 20.8 Å². The van der Waals surface area contributed by atoms with Crippen LogP contribution in [0.15, 0.2) is 23.8 Å². The van der Waals surface area contributed by atoms with Crippen molar-refractivity contribution in [3.8, 4) is 0 Å². The molecule has 22 heavy (non-hydrogen) atoms. The molecule has 0 saturated carbocycles. The molecule has 0 bridgehead atoms. The topological polar surface area (TPSA) is 66.1 Å². The molecule has 2 aromatic heterocycles. The Morgan fingerprint density at radius 3 is 2.82 bits per heavy atom. The van der Waals surface area contributed by atoms with Crippen LogP contribution in [-0.2, 0) is 22.6 Å². The molecule has 0 amide bonds. The lowest BCUT2D eigenvalue weighted by atomic mass is 10.2. The van der Waals surface area contributed by atoms with Crippen molar-refractivity contribution in [2.45, 2.75) is 39.5 Å². The van der Waals surface area contributed by atoms with E-state index in [1.54, 1.807) is 31.4 Å². The van der Waals surface area contributed by atoms with Crippen molar-refractivity contribution in [1.29, 1.82) is 0 Å². The first kappa shape index (κ1) is 16.6. The summed E-state index contributed by atoms with van der Waals surface area (Å²) in [7, 11) is 0. The maximum Gasteiger partial charge on any atom is 0.326 e. The van der Waals surface area contributed by atoms with Gasteiger partial charge in [-0.1, -0.05) is 17.4 Å². The zero-order valence-corrected chi connectivity index (χ0v) is 14.3. The third kappa shape index (κ3) is 3.50. The van der Waals surface area contributed by atoms with Gasteiger partial charge in [-0.05, 0) is 33.0 Å². The molecule has 0 aliphatic heterocycles. The van der Waals surface area contributed by atoms with Gasteiger partial charge < -0.3 is 9.30 Å². The van der Waals surface area contributed by atoms with Crippen LogP contribution < -0.4 is 5.56 Å². The number of aromatic nitrogens is 3. The standard InChI is InChI=1S/C14H17N3O3S2/c1-5-6-17-11-10(22-13(17)21)12(19)16(8-15-11)7-9(18)20-14(2,3)4/h5,8H,1,6-7H2,2-4H3. The van der Waals surface area contributed by atoms with E-state index in [2.05, 4.69) is 11.6 Å². The molecule has 0 atom stereocenters. The van der Waals surface area contributed by atoms with Crippen LogP contribution in [0.2, 0.25) is 0 Å². The molecule has 0 N–H and O–H groups in total. The van der Waals surface area contributed by atoms with Crippen molar-refractivity contribution in [3.63, 3.8) is 0 Å². The molecule has 0 fully saturated rings. The number of esters is 1. The van der Waals surface area contributed by atoms with Crippen LogP contribution in [0.4, 0.5) is 0 Å². The quantitative estimate of drug-likeness (QED) is 0.486. The van der Waals surface area contributed by atoms with Crippen LogP contribution in [-0.4, -0.2) is 25.7 Å². The summed E-state index contributed by atoms with van der Waals surface area (Å²) >= 11 is 6.42. The highest BCUT2D eigenvalue weighted by Crippen LogP contribution is 2.17. The average molecular weight is 339 g/mol. The van der Waals surface area contributed by atoms with Crippen molar-refractivity contribution in [2.75, 3.05) is 0 Å². The Morgan fingerprint density at radius 2 is 2.23 bits per heavy atom. The van der Waals surface area contributed by atoms with E-state index >= 15 is 0 Å². The molecule has 2 heterocycles. The number of rotatable bonds is 4. The second kappa shape index (κ2) is 6.13. The SMILES string of the molecule is C=CCn1c(=S)sc2c(=O)n(CC(=O)OC(C)(C)C)cnc21. The smallest absolute Gasteiger partial charge is 0.326 e. The molecule has 2 aromatic rings. The van der Waals surface area contributed by atoms with Crippen molar-refractivity contribution >= 4 is 39.9 Å². The minimum Gasteiger partial charge on any atom is -0.459 e. The van der Waals surface area contributed by atoms with Crippen molar-refractivity contribution in [3.05, 3.63) is 33.3 Å². The van der Waals surface area contributed by atoms with Gasteiger partial charge in [-0.2, -0.15) is 0 Å². The summed E-state index contributed by atoms with van der Waals surface area (Å²) in [6.45, 7) is 9.30. The number of nitrogens with zero attached hydrogens (tertiary/aromatic N) is 3. The van der Waals surface area contributed by atoms with Crippen molar-refractivity contribution in [2.24, 2.45) is 0 Å². The molecule has 0 aliphatic rings. The van der Waals surface area contributed by atoms with Crippen LogP contribution in [0, 0.1) is 3.95 Å². The molecule has 0 aromatic carbocycles. The lowest BCUT2D eigenvalue weighted by molar-refractivity contribution is -0.155. The highest BCUT2D eigenvalue weighted by Gasteiger charge is 2.18. The molecule has 0 spiro atoms. The number of thiazole rings is 1. The Kier molecular flexibility index (Phi) is 4.62. The summed E-state index contributed by atoms with van der Waals surface area (Å²) in [5, 5.41) is 0. The predicted molar refractivity (Wildman–Crippen MR) is 88.7 cm³/mol. The lowest BCUT2D eigenvalue weighted by Gasteiger charge is -2.19. The van der Waals surface area contributed by atoms with E-state index < -0.39 is 11.6 Å². The van der Waals surface area contributed by atoms with Gasteiger partial charge in [-0.3, -0.25) is 14.2 Å². The van der Waals surface area contributed by atoms with E-state index in [-0.39, 0.29) is 12.1 Å². The van der Waals surface area contributed by atoms with Gasteiger partial charge in [0.05, 0.1) is 0 Å². The van der Waals surface area contributed by atoms with Gasteiger partial charge in [0.25, 0.3) is 5.56 Å². The Hall–Kier alpha value is -1.80. The van der Waals surface area contributed by atoms with Crippen LogP contribution in [0.25, 0.3) is 10.3 Å². The number of hydrogen-bond acceptors (Lipinski definition) is 6. The van der Waals surface area contributed by atoms with Gasteiger partial charge in [0.1, 0.15) is 23.2 Å². The summed E-state index contributed by atoms with van der Waals surface area (Å²) in [4.78, 5) is 28.5. The van der Waals surface area contributed by atoms with Gasteiger partial charge >= 0.3 is 5.97 Å². The maximum atomic E-state index is 12.4. The van der Waals surface area contributed by atoms with Gasteiger partial charge in [0.2, 0.25) is 0 Å². The van der Waals surface area contributed by atoms with E-state index in [4.69, 9.17) is 17.0 Å². The number of carbonyl (C=O) groups excluding carboxylic acids is 1. The van der Waals surface area contributed by atoms with Crippen LogP contribution >= 0.6 is 23.6 Å². The third-order valence-corrected chi connectivity index (χ3v) is 4.10. The Morgan fingerprint density at radius 1 is 1.55 bits per heavy atom. The molecule has 2 rings (SSSR count). The largest absolute Gasteiger partial charge is 0.459 e. The highest BCUT2D eigenvalue weighted by atomic mass is 32.1. The molecule has 8 heteroatoms. The van der Waals surface area contributed by atoms with Gasteiger partial charge in [-0.25, -0.2) is 4.98 Å². The maximum absolute atomic E-state index is 12.4. The van der Waals surface area contributed by atoms with Gasteiger partial charge in [0, 0.05) is 6.54 Å². The second-order valence-corrected chi connectivity index (χ2v) is 7.33. The number of ether oxygens (including phenoxy) is 1. The molecule has 0 saturated heterocycles. The van der Waals surface area contributed by atoms with Crippen LogP contribution in [0.5, 0.6) is 0 Å². The van der Waals surface area contributed by atoms with Gasteiger partial charge in [-0.15, -0.1) is 6.58 Å². The fraction of sp³-hybridized carbons (Fsp3) is 0.429. The monoisotopic (exact) mass is 339 g/mol. The molecule has 6 nitrogen and oxygen atoms in total. The minimum atomic E-state index is -0.595. The number of fused-ring (bicyclic) bond motifs is 1. The second-order valence-electron chi connectivity index (χ2n) is 5.68. The first-order chi connectivity index (χ1) is 10.2. The number of hydrogen-bond donors (Lipinski definition) is 0. The minimum absolute atomic E-state index is 0.175. The summed E-state index contributed by atoms with van der Waals surface area (Å²) in [5.41, 5.74) is -0.378. The molecule has 118 valence electrons. The molecule has 0 aliphatic carbocycles. The average Bonchev–Trinajstić information content (AvgIpc) is 2.69. The lowest BCUT2D eigenvalue weighted by Crippen LogP contribution is -2.30. The third-order valence-electron chi connectivity index (χ3n) is 2.67. The molecular weight excluding hydrogens is 322 g/mol. The first-order valence-electron chi connectivity index (χ1n) is 6.64. The summed E-state index contributed by atoms with van der Waals surface area (Å²) in [6, 6.07) is 0. The fourth-order valence-electron chi connectivity index (χ4n) is 1.89. The van der Waals surface area contributed by atoms with Crippen molar-refractivity contribution < 1.29 is 9.53 Å². The Bertz CT molecular complexity index is 840. The number of carbonyl (C=O) groups is 1. The van der Waals surface area contributed by atoms with E-state index in [1.807, 2.05) is 0 Å². The van der Waals surface area contributed by atoms with Gasteiger partial charge in [0.15, 0.2) is 9.60 Å². The van der Waals surface area contributed by atoms with E-state index in [9.17, 15) is 9.59 Å². The zero-order valence-electron chi connectivity index (χ0n) is 12.7. The summed E-state index contributed by atoms with van der Waals surface area (Å²) in [6.07, 6.45) is 3.03. The summed E-state index contributed by atoms with van der Waals surface area (Å²) in [5.74, 6) is -0.482. The molecule has 0 radical (unpaired) electrons. The molecule has 0 unspecified atom stereocenters. The predicted octanol–water partition coefficient (Wildman–Crippen LogP) is 2.52. The zero-order chi connectivity index (χ0) is 16.5. The fourth-order valence-corrected chi connectivity index (χ4v) is 3.20. The molecular formula is C14H17N3O3S2.